The van der Waals surface area contributed by atoms with Gasteiger partial charge in [0.05, 0.1) is 6.10 Å². The third-order valence-corrected chi connectivity index (χ3v) is 4.66. The zero-order valence-corrected chi connectivity index (χ0v) is 11.9. The number of rotatable bonds is 4. The van der Waals surface area contributed by atoms with Crippen LogP contribution >= 0.6 is 0 Å². The molecule has 1 aromatic carbocycles. The summed E-state index contributed by atoms with van der Waals surface area (Å²) in [7, 11) is 0. The topological polar surface area (TPSA) is 46.2 Å². The smallest absolute Gasteiger partial charge is 0.126 e. The van der Waals surface area contributed by atoms with E-state index < -0.39 is 23.7 Å². The first-order valence-corrected chi connectivity index (χ1v) is 7.30. The highest BCUT2D eigenvalue weighted by Crippen LogP contribution is 2.43. The molecule has 2 atom stereocenters. The van der Waals surface area contributed by atoms with Crippen LogP contribution < -0.4 is 5.73 Å². The SMILES string of the molecule is CC1(C(O)C(CN)c2cc(F)cc(F)c2)CCCCC1. The Morgan fingerprint density at radius 1 is 1.15 bits per heavy atom. The molecule has 1 aliphatic rings. The number of halogens is 2. The Balaban J connectivity index is 2.26. The van der Waals surface area contributed by atoms with E-state index in [4.69, 9.17) is 5.73 Å². The quantitative estimate of drug-likeness (QED) is 0.890. The molecule has 0 aromatic heterocycles. The van der Waals surface area contributed by atoms with Gasteiger partial charge in [-0.25, -0.2) is 8.78 Å². The van der Waals surface area contributed by atoms with Crippen LogP contribution in [-0.4, -0.2) is 17.8 Å². The van der Waals surface area contributed by atoms with Crippen molar-refractivity contribution in [2.45, 2.75) is 51.0 Å². The molecule has 0 aliphatic heterocycles. The lowest BCUT2D eigenvalue weighted by molar-refractivity contribution is -0.00759. The molecule has 112 valence electrons. The maximum Gasteiger partial charge on any atom is 0.126 e. The second-order valence-corrected chi connectivity index (χ2v) is 6.20. The van der Waals surface area contributed by atoms with Crippen LogP contribution in [0.4, 0.5) is 8.78 Å². The normalized spacial score (nSPS) is 21.4. The predicted octanol–water partition coefficient (Wildman–Crippen LogP) is 3.34. The Hall–Kier alpha value is -1.00. The first kappa shape index (κ1) is 15.4. The number of aliphatic hydroxyl groups excluding tert-OH is 1. The third-order valence-electron chi connectivity index (χ3n) is 4.66. The number of hydrogen-bond donors (Lipinski definition) is 2. The van der Waals surface area contributed by atoms with Crippen LogP contribution in [0.1, 0.15) is 50.5 Å². The largest absolute Gasteiger partial charge is 0.392 e. The molecule has 1 fully saturated rings. The molecule has 0 bridgehead atoms. The lowest BCUT2D eigenvalue weighted by Crippen LogP contribution is -2.41. The molecule has 2 unspecified atom stereocenters. The molecular formula is C16H23F2NO. The Labute approximate surface area is 119 Å². The molecule has 20 heavy (non-hydrogen) atoms. The van der Waals surface area contributed by atoms with Crippen molar-refractivity contribution in [2.75, 3.05) is 6.54 Å². The standard InChI is InChI=1S/C16H23F2NO/c1-16(5-3-2-4-6-16)15(20)14(10-19)11-7-12(17)9-13(18)8-11/h7-9,14-15,20H,2-6,10,19H2,1H3. The minimum absolute atomic E-state index is 0.180. The van der Waals surface area contributed by atoms with Gasteiger partial charge in [0.25, 0.3) is 0 Å². The Morgan fingerprint density at radius 3 is 2.20 bits per heavy atom. The van der Waals surface area contributed by atoms with Gasteiger partial charge in [-0.3, -0.25) is 0 Å². The lowest BCUT2D eigenvalue weighted by atomic mass is 9.67. The number of benzene rings is 1. The van der Waals surface area contributed by atoms with Crippen LogP contribution in [0.25, 0.3) is 0 Å². The number of nitrogens with two attached hydrogens (primary N) is 1. The summed E-state index contributed by atoms with van der Waals surface area (Å²) in [6, 6.07) is 3.39. The molecule has 0 saturated heterocycles. The molecule has 4 heteroatoms. The average molecular weight is 283 g/mol. The number of aliphatic hydroxyl groups is 1. The first-order chi connectivity index (χ1) is 9.46. The minimum atomic E-state index is -0.672. The van der Waals surface area contributed by atoms with E-state index in [1.807, 2.05) is 0 Å². The summed E-state index contributed by atoms with van der Waals surface area (Å²) in [5, 5.41) is 10.7. The summed E-state index contributed by atoms with van der Waals surface area (Å²) in [6.07, 6.45) is 4.55. The molecule has 2 rings (SSSR count). The fraction of sp³-hybridized carbons (Fsp3) is 0.625. The molecular weight excluding hydrogens is 260 g/mol. The van der Waals surface area contributed by atoms with Gasteiger partial charge >= 0.3 is 0 Å². The van der Waals surface area contributed by atoms with Gasteiger partial charge in [0.1, 0.15) is 11.6 Å². The highest BCUT2D eigenvalue weighted by molar-refractivity contribution is 5.24. The van der Waals surface area contributed by atoms with Crippen molar-refractivity contribution in [1.82, 2.24) is 0 Å². The van der Waals surface area contributed by atoms with E-state index >= 15 is 0 Å². The molecule has 1 saturated carbocycles. The second-order valence-electron chi connectivity index (χ2n) is 6.20. The van der Waals surface area contributed by atoms with Crippen LogP contribution in [0.3, 0.4) is 0 Å². The van der Waals surface area contributed by atoms with E-state index in [9.17, 15) is 13.9 Å². The van der Waals surface area contributed by atoms with Gasteiger partial charge in [-0.2, -0.15) is 0 Å². The van der Waals surface area contributed by atoms with Gasteiger partial charge < -0.3 is 10.8 Å². The van der Waals surface area contributed by atoms with Crippen molar-refractivity contribution in [3.05, 3.63) is 35.4 Å². The summed E-state index contributed by atoms with van der Waals surface area (Å²) in [6.45, 7) is 2.23. The third kappa shape index (κ3) is 3.18. The fourth-order valence-electron chi connectivity index (χ4n) is 3.38. The van der Waals surface area contributed by atoms with Crippen LogP contribution in [0.5, 0.6) is 0 Å². The highest BCUT2D eigenvalue weighted by Gasteiger charge is 2.39. The molecule has 3 N–H and O–H groups in total. The van der Waals surface area contributed by atoms with Crippen LogP contribution in [0.15, 0.2) is 18.2 Å². The van der Waals surface area contributed by atoms with Gasteiger partial charge in [0.2, 0.25) is 0 Å². The monoisotopic (exact) mass is 283 g/mol. The summed E-state index contributed by atoms with van der Waals surface area (Å²) in [4.78, 5) is 0. The van der Waals surface area contributed by atoms with Crippen molar-refractivity contribution < 1.29 is 13.9 Å². The van der Waals surface area contributed by atoms with Gasteiger partial charge in [-0.05, 0) is 36.0 Å². The van der Waals surface area contributed by atoms with Crippen molar-refractivity contribution in [1.29, 1.82) is 0 Å². The number of hydrogen-bond acceptors (Lipinski definition) is 2. The van der Waals surface area contributed by atoms with Crippen molar-refractivity contribution in [3.63, 3.8) is 0 Å². The van der Waals surface area contributed by atoms with Crippen molar-refractivity contribution in [2.24, 2.45) is 11.1 Å². The summed E-state index contributed by atoms with van der Waals surface area (Å²) >= 11 is 0. The second kappa shape index (κ2) is 6.19. The van der Waals surface area contributed by atoms with E-state index in [1.54, 1.807) is 0 Å². The van der Waals surface area contributed by atoms with Gasteiger partial charge in [-0.15, -0.1) is 0 Å². The average Bonchev–Trinajstić information content (AvgIpc) is 2.39. The molecule has 1 aromatic rings. The summed E-state index contributed by atoms with van der Waals surface area (Å²) in [5.41, 5.74) is 6.00. The van der Waals surface area contributed by atoms with E-state index in [-0.39, 0.29) is 12.0 Å². The summed E-state index contributed by atoms with van der Waals surface area (Å²) in [5.74, 6) is -1.68. The van der Waals surface area contributed by atoms with E-state index in [2.05, 4.69) is 6.92 Å². The van der Waals surface area contributed by atoms with Gasteiger partial charge in [-0.1, -0.05) is 26.2 Å². The van der Waals surface area contributed by atoms with Gasteiger partial charge in [0, 0.05) is 18.5 Å². The molecule has 1 aliphatic carbocycles. The maximum absolute atomic E-state index is 13.4. The summed E-state index contributed by atoms with van der Waals surface area (Å²) < 4.78 is 26.7. The maximum atomic E-state index is 13.4. The predicted molar refractivity (Wildman–Crippen MR) is 75.4 cm³/mol. The Bertz CT molecular complexity index is 438. The Kier molecular flexibility index (Phi) is 4.76. The molecule has 2 nitrogen and oxygen atoms in total. The van der Waals surface area contributed by atoms with E-state index in [1.165, 1.54) is 18.6 Å². The van der Waals surface area contributed by atoms with Crippen LogP contribution in [-0.2, 0) is 0 Å². The van der Waals surface area contributed by atoms with Crippen molar-refractivity contribution in [3.8, 4) is 0 Å². The molecule has 0 heterocycles. The van der Waals surface area contributed by atoms with Gasteiger partial charge in [0.15, 0.2) is 0 Å². The fourth-order valence-corrected chi connectivity index (χ4v) is 3.38. The zero-order valence-electron chi connectivity index (χ0n) is 11.9. The highest BCUT2D eigenvalue weighted by atomic mass is 19.1. The van der Waals surface area contributed by atoms with Crippen LogP contribution in [0.2, 0.25) is 0 Å². The van der Waals surface area contributed by atoms with E-state index in [0.717, 1.165) is 31.7 Å². The molecule has 0 spiro atoms. The lowest BCUT2D eigenvalue weighted by Gasteiger charge is -2.41. The zero-order chi connectivity index (χ0) is 14.8. The first-order valence-electron chi connectivity index (χ1n) is 7.30. The van der Waals surface area contributed by atoms with E-state index in [0.29, 0.717) is 5.56 Å². The van der Waals surface area contributed by atoms with Crippen molar-refractivity contribution >= 4 is 0 Å². The molecule has 0 amide bonds. The Morgan fingerprint density at radius 2 is 1.70 bits per heavy atom. The molecule has 0 radical (unpaired) electrons. The van der Waals surface area contributed by atoms with Crippen LogP contribution in [0, 0.1) is 17.0 Å². The minimum Gasteiger partial charge on any atom is -0.392 e.